The van der Waals surface area contributed by atoms with E-state index in [2.05, 4.69) is 45.8 Å². The van der Waals surface area contributed by atoms with Gasteiger partial charge >= 0.3 is 0 Å². The monoisotopic (exact) mass is 487 g/mol. The first-order valence-corrected chi connectivity index (χ1v) is 9.47. The lowest BCUT2D eigenvalue weighted by molar-refractivity contribution is 0.297. The maximum Gasteiger partial charge on any atom is 0.193 e. The molecule has 5 nitrogen and oxygen atoms in total. The molecular formula is C19H26IN3O2S. The molecule has 3 rings (SSSR count). The minimum atomic E-state index is 0. The van der Waals surface area contributed by atoms with Crippen LogP contribution in [0.3, 0.4) is 0 Å². The van der Waals surface area contributed by atoms with E-state index in [1.54, 1.807) is 11.3 Å². The van der Waals surface area contributed by atoms with Crippen LogP contribution in [0.25, 0.3) is 0 Å². The number of nitrogens with one attached hydrogen (secondary N) is 1. The first kappa shape index (κ1) is 20.8. The van der Waals surface area contributed by atoms with E-state index < -0.39 is 0 Å². The van der Waals surface area contributed by atoms with E-state index in [-0.39, 0.29) is 24.0 Å². The number of ether oxygens (including phenoxy) is 2. The quantitative estimate of drug-likeness (QED) is 0.396. The van der Waals surface area contributed by atoms with Crippen molar-refractivity contribution in [1.29, 1.82) is 0 Å². The van der Waals surface area contributed by atoms with Gasteiger partial charge in [0.25, 0.3) is 0 Å². The zero-order chi connectivity index (χ0) is 17.5. The molecule has 0 fully saturated rings. The largest absolute Gasteiger partial charge is 0.490 e. The summed E-state index contributed by atoms with van der Waals surface area (Å²) in [4.78, 5) is 7.93. The summed E-state index contributed by atoms with van der Waals surface area (Å²) in [6, 6.07) is 10.4. The molecule has 2 heterocycles. The van der Waals surface area contributed by atoms with Gasteiger partial charge in [0.15, 0.2) is 17.5 Å². The fourth-order valence-corrected chi connectivity index (χ4v) is 3.42. The molecule has 0 saturated carbocycles. The van der Waals surface area contributed by atoms with E-state index in [1.807, 2.05) is 19.2 Å². The second-order valence-electron chi connectivity index (χ2n) is 5.98. The molecule has 1 N–H and O–H groups in total. The Labute approximate surface area is 176 Å². The highest BCUT2D eigenvalue weighted by Crippen LogP contribution is 2.30. The number of nitrogens with zero attached hydrogens (tertiary/aromatic N) is 2. The van der Waals surface area contributed by atoms with E-state index in [4.69, 9.17) is 9.47 Å². The van der Waals surface area contributed by atoms with Crippen molar-refractivity contribution in [1.82, 2.24) is 10.2 Å². The first-order valence-electron chi connectivity index (χ1n) is 8.59. The summed E-state index contributed by atoms with van der Waals surface area (Å²) in [5, 5.41) is 5.54. The number of fused-ring (bicyclic) bond motifs is 1. The van der Waals surface area contributed by atoms with Gasteiger partial charge in [-0.15, -0.1) is 35.3 Å². The van der Waals surface area contributed by atoms with Gasteiger partial charge in [0, 0.05) is 38.5 Å². The third kappa shape index (κ3) is 5.77. The highest BCUT2D eigenvalue weighted by molar-refractivity contribution is 14.0. The Kier molecular flexibility index (Phi) is 8.50. The van der Waals surface area contributed by atoms with Crippen LogP contribution in [0.15, 0.2) is 40.7 Å². The Morgan fingerprint density at radius 1 is 1.23 bits per heavy atom. The molecule has 1 aromatic heterocycles. The number of rotatable bonds is 5. The number of hydrogen-bond acceptors (Lipinski definition) is 4. The molecule has 0 aliphatic carbocycles. The van der Waals surface area contributed by atoms with Crippen molar-refractivity contribution < 1.29 is 9.47 Å². The van der Waals surface area contributed by atoms with Gasteiger partial charge in [-0.1, -0.05) is 12.1 Å². The zero-order valence-corrected chi connectivity index (χ0v) is 18.4. The highest BCUT2D eigenvalue weighted by atomic mass is 127. The first-order chi connectivity index (χ1) is 12.3. The molecule has 1 aliphatic rings. The van der Waals surface area contributed by atoms with Crippen LogP contribution in [0.4, 0.5) is 0 Å². The van der Waals surface area contributed by atoms with Crippen molar-refractivity contribution in [3.8, 4) is 11.5 Å². The molecule has 0 radical (unpaired) electrons. The molecular weight excluding hydrogens is 461 g/mol. The Balaban J connectivity index is 0.00000243. The summed E-state index contributed by atoms with van der Waals surface area (Å²) >= 11 is 1.80. The average Bonchev–Trinajstić information content (AvgIpc) is 3.04. The molecule has 0 spiro atoms. The summed E-state index contributed by atoms with van der Waals surface area (Å²) in [5.74, 6) is 2.56. The SMILES string of the molecule is CN=C(NCc1ccc2c(c1)OCCCO2)N(C)CCc1cccs1.I. The van der Waals surface area contributed by atoms with Crippen LogP contribution >= 0.6 is 35.3 Å². The maximum absolute atomic E-state index is 5.76. The molecule has 142 valence electrons. The van der Waals surface area contributed by atoms with Gasteiger partial charge in [0.1, 0.15) is 0 Å². The topological polar surface area (TPSA) is 46.1 Å². The van der Waals surface area contributed by atoms with Crippen molar-refractivity contribution in [2.45, 2.75) is 19.4 Å². The summed E-state index contributed by atoms with van der Waals surface area (Å²) in [5.41, 5.74) is 1.15. The molecule has 26 heavy (non-hydrogen) atoms. The van der Waals surface area contributed by atoms with Crippen molar-refractivity contribution >= 4 is 41.3 Å². The Morgan fingerprint density at radius 3 is 2.77 bits per heavy atom. The maximum atomic E-state index is 5.76. The Bertz CT molecular complexity index is 707. The third-order valence-corrected chi connectivity index (χ3v) is 5.05. The summed E-state index contributed by atoms with van der Waals surface area (Å²) < 4.78 is 11.4. The van der Waals surface area contributed by atoms with Crippen LogP contribution in [0.1, 0.15) is 16.9 Å². The van der Waals surface area contributed by atoms with Crippen LogP contribution in [0.2, 0.25) is 0 Å². The highest BCUT2D eigenvalue weighted by Gasteiger charge is 2.11. The van der Waals surface area contributed by atoms with Crippen molar-refractivity contribution in [2.24, 2.45) is 4.99 Å². The molecule has 7 heteroatoms. The van der Waals surface area contributed by atoms with Crippen molar-refractivity contribution in [3.05, 3.63) is 46.2 Å². The standard InChI is InChI=1S/C19H25N3O2S.HI/c1-20-19(22(2)9-8-16-5-3-12-25-16)21-14-15-6-7-17-18(13-15)24-11-4-10-23-17;/h3,5-7,12-13H,4,8-11,14H2,1-2H3,(H,20,21);1H. The molecule has 0 unspecified atom stereocenters. The molecule has 1 aliphatic heterocycles. The van der Waals surface area contributed by atoms with Crippen LogP contribution in [0, 0.1) is 0 Å². The fraction of sp³-hybridized carbons (Fsp3) is 0.421. The number of hydrogen-bond donors (Lipinski definition) is 1. The molecule has 2 aromatic rings. The second-order valence-corrected chi connectivity index (χ2v) is 7.02. The summed E-state index contributed by atoms with van der Waals surface area (Å²) in [6.07, 6.45) is 1.95. The number of benzene rings is 1. The smallest absolute Gasteiger partial charge is 0.193 e. The predicted molar refractivity (Wildman–Crippen MR) is 118 cm³/mol. The molecule has 1 aromatic carbocycles. The van der Waals surface area contributed by atoms with Crippen LogP contribution in [-0.2, 0) is 13.0 Å². The second kappa shape index (κ2) is 10.6. The lowest BCUT2D eigenvalue weighted by atomic mass is 10.2. The summed E-state index contributed by atoms with van der Waals surface area (Å²) in [7, 11) is 3.88. The van der Waals surface area contributed by atoms with Gasteiger partial charge < -0.3 is 19.7 Å². The van der Waals surface area contributed by atoms with Gasteiger partial charge in [-0.05, 0) is 35.6 Å². The van der Waals surface area contributed by atoms with E-state index in [1.165, 1.54) is 4.88 Å². The average molecular weight is 487 g/mol. The van der Waals surface area contributed by atoms with E-state index in [0.29, 0.717) is 19.8 Å². The van der Waals surface area contributed by atoms with Gasteiger partial charge in [-0.25, -0.2) is 0 Å². The Morgan fingerprint density at radius 2 is 2.04 bits per heavy atom. The van der Waals surface area contributed by atoms with Gasteiger partial charge in [-0.3, -0.25) is 4.99 Å². The zero-order valence-electron chi connectivity index (χ0n) is 15.2. The lowest BCUT2D eigenvalue weighted by Gasteiger charge is -2.22. The Hall–Kier alpha value is -1.48. The summed E-state index contributed by atoms with van der Waals surface area (Å²) in [6.45, 7) is 3.05. The van der Waals surface area contributed by atoms with Gasteiger partial charge in [-0.2, -0.15) is 0 Å². The predicted octanol–water partition coefficient (Wildman–Crippen LogP) is 3.78. The number of guanidine groups is 1. The van der Waals surface area contributed by atoms with E-state index in [9.17, 15) is 0 Å². The van der Waals surface area contributed by atoms with E-state index in [0.717, 1.165) is 42.4 Å². The van der Waals surface area contributed by atoms with Crippen LogP contribution in [-0.4, -0.2) is 44.7 Å². The number of thiophene rings is 1. The van der Waals surface area contributed by atoms with Crippen LogP contribution in [0.5, 0.6) is 11.5 Å². The molecule has 0 bridgehead atoms. The van der Waals surface area contributed by atoms with Gasteiger partial charge in [0.05, 0.1) is 13.2 Å². The minimum Gasteiger partial charge on any atom is -0.490 e. The van der Waals surface area contributed by atoms with Crippen molar-refractivity contribution in [2.75, 3.05) is 33.9 Å². The van der Waals surface area contributed by atoms with E-state index >= 15 is 0 Å². The molecule has 0 saturated heterocycles. The van der Waals surface area contributed by atoms with Crippen molar-refractivity contribution in [3.63, 3.8) is 0 Å². The fourth-order valence-electron chi connectivity index (χ4n) is 2.72. The normalized spacial score (nSPS) is 13.5. The number of likely N-dealkylation sites (N-methyl/N-ethyl adjacent to an activating group) is 1. The van der Waals surface area contributed by atoms with Gasteiger partial charge in [0.2, 0.25) is 0 Å². The molecule has 0 atom stereocenters. The molecule has 0 amide bonds. The van der Waals surface area contributed by atoms with Crippen LogP contribution < -0.4 is 14.8 Å². The number of halogens is 1. The number of aliphatic imine (C=N–C) groups is 1. The minimum absolute atomic E-state index is 0. The lowest BCUT2D eigenvalue weighted by Crippen LogP contribution is -2.39. The third-order valence-electron chi connectivity index (χ3n) is 4.11.